The van der Waals surface area contributed by atoms with Crippen molar-refractivity contribution in [2.24, 2.45) is 0 Å². The van der Waals surface area contributed by atoms with Crippen LogP contribution in [0.1, 0.15) is 15.9 Å². The molecule has 0 bridgehead atoms. The van der Waals surface area contributed by atoms with E-state index in [1.165, 1.54) is 0 Å². The Labute approximate surface area is 123 Å². The SMILES string of the molecule is Br.Br.CNNCc1ccc(C(=O)N(C)C)cc1. The first kappa shape index (κ1) is 18.9. The van der Waals surface area contributed by atoms with E-state index in [4.69, 9.17) is 0 Å². The molecule has 1 aromatic carbocycles. The van der Waals surface area contributed by atoms with Gasteiger partial charge in [-0.05, 0) is 24.7 Å². The Bertz CT molecular complexity index is 328. The summed E-state index contributed by atoms with van der Waals surface area (Å²) in [6.45, 7) is 0.743. The number of nitrogens with one attached hydrogen (secondary N) is 2. The maximum atomic E-state index is 11.6. The van der Waals surface area contributed by atoms with Crippen LogP contribution in [-0.4, -0.2) is 32.0 Å². The van der Waals surface area contributed by atoms with Crippen LogP contribution in [0.3, 0.4) is 0 Å². The number of halogens is 2. The first-order valence-corrected chi connectivity index (χ1v) is 4.85. The Balaban J connectivity index is 0. The summed E-state index contributed by atoms with van der Waals surface area (Å²) in [5.41, 5.74) is 7.69. The van der Waals surface area contributed by atoms with Crippen molar-refractivity contribution in [1.82, 2.24) is 15.8 Å². The number of hydrazine groups is 1. The Hall–Kier alpha value is -0.430. The van der Waals surface area contributed by atoms with Gasteiger partial charge in [-0.15, -0.1) is 34.0 Å². The maximum absolute atomic E-state index is 11.6. The summed E-state index contributed by atoms with van der Waals surface area (Å²) >= 11 is 0. The summed E-state index contributed by atoms with van der Waals surface area (Å²) in [6.07, 6.45) is 0. The molecule has 0 heterocycles. The lowest BCUT2D eigenvalue weighted by molar-refractivity contribution is 0.0827. The van der Waals surface area contributed by atoms with Gasteiger partial charge in [-0.2, -0.15) is 0 Å². The molecule has 98 valence electrons. The molecule has 0 radical (unpaired) electrons. The van der Waals surface area contributed by atoms with Crippen LogP contribution in [0, 0.1) is 0 Å². The Morgan fingerprint density at radius 2 is 1.71 bits per heavy atom. The second-order valence-electron chi connectivity index (χ2n) is 3.50. The molecule has 0 spiro atoms. The first-order valence-electron chi connectivity index (χ1n) is 4.85. The van der Waals surface area contributed by atoms with Gasteiger partial charge in [-0.1, -0.05) is 12.1 Å². The van der Waals surface area contributed by atoms with Crippen molar-refractivity contribution in [2.75, 3.05) is 21.1 Å². The lowest BCUT2D eigenvalue weighted by Gasteiger charge is -2.10. The molecule has 0 saturated heterocycles. The van der Waals surface area contributed by atoms with E-state index < -0.39 is 0 Å². The van der Waals surface area contributed by atoms with Crippen molar-refractivity contribution in [3.05, 3.63) is 35.4 Å². The van der Waals surface area contributed by atoms with Gasteiger partial charge in [0.2, 0.25) is 0 Å². The van der Waals surface area contributed by atoms with E-state index in [0.717, 1.165) is 12.1 Å². The Morgan fingerprint density at radius 1 is 1.18 bits per heavy atom. The third-order valence-corrected chi connectivity index (χ3v) is 2.08. The van der Waals surface area contributed by atoms with Gasteiger partial charge in [0.05, 0.1) is 0 Å². The number of carbonyl (C=O) groups excluding carboxylic acids is 1. The van der Waals surface area contributed by atoms with Crippen molar-refractivity contribution in [2.45, 2.75) is 6.54 Å². The molecular weight excluding hydrogens is 350 g/mol. The van der Waals surface area contributed by atoms with Crippen LogP contribution in [0.25, 0.3) is 0 Å². The van der Waals surface area contributed by atoms with Crippen LogP contribution >= 0.6 is 34.0 Å². The minimum atomic E-state index is 0. The zero-order chi connectivity index (χ0) is 11.3. The van der Waals surface area contributed by atoms with E-state index in [1.54, 1.807) is 19.0 Å². The zero-order valence-corrected chi connectivity index (χ0v) is 13.6. The lowest BCUT2D eigenvalue weighted by atomic mass is 10.1. The number of hydrogen-bond acceptors (Lipinski definition) is 3. The van der Waals surface area contributed by atoms with Crippen LogP contribution in [0.4, 0.5) is 0 Å². The monoisotopic (exact) mass is 367 g/mol. The number of amides is 1. The van der Waals surface area contributed by atoms with Crippen molar-refractivity contribution in [3.8, 4) is 0 Å². The molecule has 17 heavy (non-hydrogen) atoms. The fourth-order valence-electron chi connectivity index (χ4n) is 1.21. The molecule has 1 rings (SSSR count). The van der Waals surface area contributed by atoms with Crippen LogP contribution in [-0.2, 0) is 6.54 Å². The fourth-order valence-corrected chi connectivity index (χ4v) is 1.21. The molecule has 0 saturated carbocycles. The summed E-state index contributed by atoms with van der Waals surface area (Å²) in [7, 11) is 5.32. The fraction of sp³-hybridized carbons (Fsp3) is 0.364. The van der Waals surface area contributed by atoms with Crippen LogP contribution in [0.15, 0.2) is 24.3 Å². The van der Waals surface area contributed by atoms with Gasteiger partial charge >= 0.3 is 0 Å². The van der Waals surface area contributed by atoms with Crippen molar-refractivity contribution < 1.29 is 4.79 Å². The normalized spacial score (nSPS) is 8.88. The molecule has 0 fully saturated rings. The summed E-state index contributed by atoms with van der Waals surface area (Å²) in [5.74, 6) is 0.0307. The molecule has 1 aromatic rings. The number of carbonyl (C=O) groups is 1. The van der Waals surface area contributed by atoms with Crippen LogP contribution < -0.4 is 10.9 Å². The van der Waals surface area contributed by atoms with Gasteiger partial charge in [-0.25, -0.2) is 0 Å². The second kappa shape index (κ2) is 9.58. The standard InChI is InChI=1S/C11H17N3O.2BrH/c1-12-13-8-9-4-6-10(7-5-9)11(15)14(2)3;;/h4-7,12-13H,8H2,1-3H3;2*1H. The predicted octanol–water partition coefficient (Wildman–Crippen LogP) is 1.77. The van der Waals surface area contributed by atoms with E-state index in [9.17, 15) is 4.79 Å². The van der Waals surface area contributed by atoms with Gasteiger partial charge in [0.15, 0.2) is 0 Å². The molecule has 4 nitrogen and oxygen atoms in total. The molecule has 6 heteroatoms. The number of benzene rings is 1. The topological polar surface area (TPSA) is 44.4 Å². The molecule has 0 unspecified atom stereocenters. The second-order valence-corrected chi connectivity index (χ2v) is 3.50. The highest BCUT2D eigenvalue weighted by Gasteiger charge is 2.06. The molecule has 0 atom stereocenters. The number of rotatable bonds is 4. The number of nitrogens with zero attached hydrogens (tertiary/aromatic N) is 1. The highest BCUT2D eigenvalue weighted by atomic mass is 79.9. The summed E-state index contributed by atoms with van der Waals surface area (Å²) < 4.78 is 0. The molecule has 0 aromatic heterocycles. The molecular formula is C11H19Br2N3O. The Kier molecular flexibility index (Phi) is 10.7. The Morgan fingerprint density at radius 3 is 2.12 bits per heavy atom. The quantitative estimate of drug-likeness (QED) is 0.796. The molecule has 0 aliphatic rings. The minimum absolute atomic E-state index is 0. The average molecular weight is 369 g/mol. The van der Waals surface area contributed by atoms with Gasteiger partial charge in [0.1, 0.15) is 0 Å². The lowest BCUT2D eigenvalue weighted by Crippen LogP contribution is -2.26. The van der Waals surface area contributed by atoms with E-state index >= 15 is 0 Å². The zero-order valence-electron chi connectivity index (χ0n) is 10.2. The van der Waals surface area contributed by atoms with E-state index in [0.29, 0.717) is 5.56 Å². The highest BCUT2D eigenvalue weighted by Crippen LogP contribution is 2.05. The summed E-state index contributed by atoms with van der Waals surface area (Å²) in [5, 5.41) is 0. The third-order valence-electron chi connectivity index (χ3n) is 2.08. The van der Waals surface area contributed by atoms with Crippen LogP contribution in [0.2, 0.25) is 0 Å². The average Bonchev–Trinajstić information content (AvgIpc) is 2.26. The predicted molar refractivity (Wildman–Crippen MR) is 81.0 cm³/mol. The minimum Gasteiger partial charge on any atom is -0.345 e. The van der Waals surface area contributed by atoms with Gasteiger partial charge < -0.3 is 4.90 Å². The van der Waals surface area contributed by atoms with Gasteiger partial charge in [-0.3, -0.25) is 15.6 Å². The maximum Gasteiger partial charge on any atom is 0.253 e. The summed E-state index contributed by atoms with van der Waals surface area (Å²) in [4.78, 5) is 13.1. The van der Waals surface area contributed by atoms with Crippen molar-refractivity contribution >= 4 is 39.9 Å². The van der Waals surface area contributed by atoms with E-state index in [1.807, 2.05) is 31.3 Å². The highest BCUT2D eigenvalue weighted by molar-refractivity contribution is 8.93. The third kappa shape index (κ3) is 6.16. The van der Waals surface area contributed by atoms with E-state index in [2.05, 4.69) is 10.9 Å². The molecule has 0 aliphatic heterocycles. The largest absolute Gasteiger partial charge is 0.345 e. The van der Waals surface area contributed by atoms with E-state index in [-0.39, 0.29) is 39.9 Å². The number of hydrogen-bond donors (Lipinski definition) is 2. The molecule has 0 aliphatic carbocycles. The van der Waals surface area contributed by atoms with Gasteiger partial charge in [0, 0.05) is 26.2 Å². The molecule has 1 amide bonds. The smallest absolute Gasteiger partial charge is 0.253 e. The first-order chi connectivity index (χ1) is 7.15. The van der Waals surface area contributed by atoms with Crippen molar-refractivity contribution in [3.63, 3.8) is 0 Å². The van der Waals surface area contributed by atoms with Gasteiger partial charge in [0.25, 0.3) is 5.91 Å². The van der Waals surface area contributed by atoms with Crippen LogP contribution in [0.5, 0.6) is 0 Å². The molecule has 2 N–H and O–H groups in total. The summed E-state index contributed by atoms with van der Waals surface area (Å²) in [6, 6.07) is 7.58. The van der Waals surface area contributed by atoms with Crippen molar-refractivity contribution in [1.29, 1.82) is 0 Å².